The standard InChI is InChI=1S/C11H19N3O4/c1-12-9(16)11(4-3-5-11)7-14-8(15)6-13-10(17)18-2/h3-7H2,1-2H3,(H,12,16)(H,13,17)(H,14,15). The molecule has 1 aliphatic carbocycles. The highest BCUT2D eigenvalue weighted by molar-refractivity contribution is 5.86. The minimum absolute atomic E-state index is 0.0463. The molecule has 7 heteroatoms. The molecule has 0 bridgehead atoms. The zero-order valence-corrected chi connectivity index (χ0v) is 10.7. The van der Waals surface area contributed by atoms with Crippen LogP contribution in [0.3, 0.4) is 0 Å². The van der Waals surface area contributed by atoms with Crippen LogP contribution in [0.1, 0.15) is 19.3 Å². The van der Waals surface area contributed by atoms with Crippen molar-refractivity contribution in [3.8, 4) is 0 Å². The van der Waals surface area contributed by atoms with Crippen molar-refractivity contribution in [2.24, 2.45) is 5.41 Å². The monoisotopic (exact) mass is 257 g/mol. The maximum Gasteiger partial charge on any atom is 0.407 e. The topological polar surface area (TPSA) is 96.5 Å². The van der Waals surface area contributed by atoms with E-state index in [9.17, 15) is 14.4 Å². The summed E-state index contributed by atoms with van der Waals surface area (Å²) in [6.07, 6.45) is 1.88. The lowest BCUT2D eigenvalue weighted by atomic mass is 9.68. The molecule has 1 rings (SSSR count). The Morgan fingerprint density at radius 2 is 1.89 bits per heavy atom. The van der Waals surface area contributed by atoms with Crippen LogP contribution in [0.15, 0.2) is 0 Å². The first-order valence-electron chi connectivity index (χ1n) is 5.85. The van der Waals surface area contributed by atoms with E-state index in [4.69, 9.17) is 0 Å². The molecule has 0 saturated heterocycles. The number of nitrogens with one attached hydrogen (secondary N) is 3. The van der Waals surface area contributed by atoms with E-state index >= 15 is 0 Å². The number of rotatable bonds is 5. The molecule has 0 aromatic carbocycles. The number of alkyl carbamates (subject to hydrolysis) is 1. The molecule has 1 fully saturated rings. The van der Waals surface area contributed by atoms with Gasteiger partial charge in [-0.2, -0.15) is 0 Å². The average Bonchev–Trinajstić information content (AvgIpc) is 2.33. The van der Waals surface area contributed by atoms with Crippen molar-refractivity contribution in [2.45, 2.75) is 19.3 Å². The van der Waals surface area contributed by atoms with Gasteiger partial charge in [-0.25, -0.2) is 4.79 Å². The first kappa shape index (κ1) is 14.3. The van der Waals surface area contributed by atoms with Crippen molar-refractivity contribution in [1.29, 1.82) is 0 Å². The summed E-state index contributed by atoms with van der Waals surface area (Å²) in [7, 11) is 2.81. The van der Waals surface area contributed by atoms with Gasteiger partial charge in [0.05, 0.1) is 19.1 Å². The van der Waals surface area contributed by atoms with E-state index in [-0.39, 0.29) is 18.4 Å². The lowest BCUT2D eigenvalue weighted by Crippen LogP contribution is -2.52. The second kappa shape index (κ2) is 6.23. The summed E-state index contributed by atoms with van der Waals surface area (Å²) < 4.78 is 4.34. The molecule has 0 spiro atoms. The normalized spacial score (nSPS) is 16.1. The number of hydrogen-bond acceptors (Lipinski definition) is 4. The zero-order chi connectivity index (χ0) is 13.6. The molecule has 0 heterocycles. The van der Waals surface area contributed by atoms with E-state index in [1.165, 1.54) is 7.11 Å². The minimum Gasteiger partial charge on any atom is -0.453 e. The first-order chi connectivity index (χ1) is 8.54. The van der Waals surface area contributed by atoms with E-state index in [0.717, 1.165) is 19.3 Å². The Morgan fingerprint density at radius 1 is 1.22 bits per heavy atom. The highest BCUT2D eigenvalue weighted by Crippen LogP contribution is 2.40. The van der Waals surface area contributed by atoms with Gasteiger partial charge in [-0.05, 0) is 12.8 Å². The number of carbonyl (C=O) groups is 3. The van der Waals surface area contributed by atoms with Crippen molar-refractivity contribution < 1.29 is 19.1 Å². The van der Waals surface area contributed by atoms with E-state index in [2.05, 4.69) is 20.7 Å². The summed E-state index contributed by atoms with van der Waals surface area (Å²) >= 11 is 0. The number of methoxy groups -OCH3 is 1. The van der Waals surface area contributed by atoms with Gasteiger partial charge in [-0.3, -0.25) is 9.59 Å². The van der Waals surface area contributed by atoms with Crippen LogP contribution < -0.4 is 16.0 Å². The predicted molar refractivity (Wildman–Crippen MR) is 63.8 cm³/mol. The Hall–Kier alpha value is -1.79. The second-order valence-electron chi connectivity index (χ2n) is 4.33. The van der Waals surface area contributed by atoms with Gasteiger partial charge in [0.25, 0.3) is 0 Å². The highest BCUT2D eigenvalue weighted by Gasteiger charge is 2.43. The molecule has 7 nitrogen and oxygen atoms in total. The lowest BCUT2D eigenvalue weighted by molar-refractivity contribution is -0.135. The van der Waals surface area contributed by atoms with E-state index in [0.29, 0.717) is 6.54 Å². The summed E-state index contributed by atoms with van der Waals surface area (Å²) in [5.41, 5.74) is -0.477. The number of ether oxygens (including phenoxy) is 1. The van der Waals surface area contributed by atoms with Crippen molar-refractivity contribution in [2.75, 3.05) is 27.2 Å². The third-order valence-corrected chi connectivity index (χ3v) is 3.22. The molecule has 3 N–H and O–H groups in total. The van der Waals surface area contributed by atoms with E-state index < -0.39 is 11.5 Å². The van der Waals surface area contributed by atoms with E-state index in [1.54, 1.807) is 7.05 Å². The Balaban J connectivity index is 2.33. The fourth-order valence-electron chi connectivity index (χ4n) is 1.91. The molecule has 3 amide bonds. The van der Waals surface area contributed by atoms with Gasteiger partial charge in [-0.1, -0.05) is 6.42 Å². The van der Waals surface area contributed by atoms with Crippen LogP contribution in [0, 0.1) is 5.41 Å². The van der Waals surface area contributed by atoms with Crippen LogP contribution in [-0.4, -0.2) is 45.2 Å². The summed E-state index contributed by atoms with van der Waals surface area (Å²) in [5, 5.41) is 7.53. The fraction of sp³-hybridized carbons (Fsp3) is 0.727. The van der Waals surface area contributed by atoms with Crippen molar-refractivity contribution in [1.82, 2.24) is 16.0 Å². The Morgan fingerprint density at radius 3 is 2.33 bits per heavy atom. The molecule has 0 aliphatic heterocycles. The minimum atomic E-state index is -0.658. The Kier molecular flexibility index (Phi) is 4.94. The van der Waals surface area contributed by atoms with Crippen LogP contribution in [0.25, 0.3) is 0 Å². The molecular formula is C11H19N3O4. The number of amides is 3. The number of hydrogen-bond donors (Lipinski definition) is 3. The Labute approximate surface area is 106 Å². The third-order valence-electron chi connectivity index (χ3n) is 3.22. The zero-order valence-electron chi connectivity index (χ0n) is 10.7. The van der Waals surface area contributed by atoms with Crippen molar-refractivity contribution in [3.63, 3.8) is 0 Å². The van der Waals surface area contributed by atoms with Crippen LogP contribution in [-0.2, 0) is 14.3 Å². The largest absolute Gasteiger partial charge is 0.453 e. The van der Waals surface area contributed by atoms with Gasteiger partial charge in [0.15, 0.2) is 0 Å². The maximum atomic E-state index is 11.7. The summed E-state index contributed by atoms with van der Waals surface area (Å²) in [6, 6.07) is 0. The highest BCUT2D eigenvalue weighted by atomic mass is 16.5. The molecule has 18 heavy (non-hydrogen) atoms. The smallest absolute Gasteiger partial charge is 0.407 e. The average molecular weight is 257 g/mol. The molecule has 0 radical (unpaired) electrons. The van der Waals surface area contributed by atoms with Crippen LogP contribution in [0.5, 0.6) is 0 Å². The first-order valence-corrected chi connectivity index (χ1v) is 5.85. The molecule has 0 aromatic rings. The summed E-state index contributed by atoms with van der Waals surface area (Å²) in [5.74, 6) is -0.384. The summed E-state index contributed by atoms with van der Waals surface area (Å²) in [4.78, 5) is 33.9. The molecule has 1 saturated carbocycles. The van der Waals surface area contributed by atoms with Gasteiger partial charge in [0.1, 0.15) is 0 Å². The van der Waals surface area contributed by atoms with Crippen LogP contribution in [0.4, 0.5) is 4.79 Å². The fourth-order valence-corrected chi connectivity index (χ4v) is 1.91. The van der Waals surface area contributed by atoms with Gasteiger partial charge in [-0.15, -0.1) is 0 Å². The third kappa shape index (κ3) is 3.35. The Bertz CT molecular complexity index is 339. The molecular weight excluding hydrogens is 238 g/mol. The quantitative estimate of drug-likeness (QED) is 0.611. The van der Waals surface area contributed by atoms with Gasteiger partial charge >= 0.3 is 6.09 Å². The predicted octanol–water partition coefficient (Wildman–Crippen LogP) is -0.625. The molecule has 0 aromatic heterocycles. The molecule has 0 atom stereocenters. The van der Waals surface area contributed by atoms with Crippen molar-refractivity contribution in [3.05, 3.63) is 0 Å². The summed E-state index contributed by atoms with van der Waals surface area (Å²) in [6.45, 7) is 0.144. The molecule has 1 aliphatic rings. The van der Waals surface area contributed by atoms with Crippen molar-refractivity contribution >= 4 is 17.9 Å². The van der Waals surface area contributed by atoms with Gasteiger partial charge in [0, 0.05) is 13.6 Å². The molecule has 0 unspecified atom stereocenters. The lowest BCUT2D eigenvalue weighted by Gasteiger charge is -2.39. The number of carbonyl (C=O) groups excluding carboxylic acids is 3. The van der Waals surface area contributed by atoms with Crippen LogP contribution in [0.2, 0.25) is 0 Å². The maximum absolute atomic E-state index is 11.7. The van der Waals surface area contributed by atoms with E-state index in [1.807, 2.05) is 0 Å². The molecule has 102 valence electrons. The van der Waals surface area contributed by atoms with Gasteiger partial charge < -0.3 is 20.7 Å². The van der Waals surface area contributed by atoms with Gasteiger partial charge in [0.2, 0.25) is 11.8 Å². The van der Waals surface area contributed by atoms with Crippen LogP contribution >= 0.6 is 0 Å². The SMILES string of the molecule is CNC(=O)C1(CNC(=O)CNC(=O)OC)CCC1. The second-order valence-corrected chi connectivity index (χ2v) is 4.33.